The first kappa shape index (κ1) is 24.8. The lowest BCUT2D eigenvalue weighted by molar-refractivity contribution is -0.0722. The second kappa shape index (κ2) is 9.13. The number of benzene rings is 1. The summed E-state index contributed by atoms with van der Waals surface area (Å²) in [5.74, 6) is 1.01. The van der Waals surface area contributed by atoms with Crippen molar-refractivity contribution in [3.8, 4) is 0 Å². The van der Waals surface area contributed by atoms with Crippen LogP contribution in [0.4, 0.5) is 0 Å². The van der Waals surface area contributed by atoms with Crippen LogP contribution in [-0.4, -0.2) is 68.2 Å². The maximum Gasteiger partial charge on any atom is 0.0998 e. The van der Waals surface area contributed by atoms with Crippen LogP contribution in [0.2, 0.25) is 0 Å². The molecule has 5 heteroatoms. The van der Waals surface area contributed by atoms with Gasteiger partial charge in [-0.1, -0.05) is 42.5 Å². The van der Waals surface area contributed by atoms with Crippen molar-refractivity contribution in [1.29, 1.82) is 0 Å². The van der Waals surface area contributed by atoms with Gasteiger partial charge >= 0.3 is 0 Å². The summed E-state index contributed by atoms with van der Waals surface area (Å²) < 4.78 is 0. The molecule has 1 spiro atoms. The molecule has 1 saturated carbocycles. The number of piperidine rings is 2. The highest BCUT2D eigenvalue weighted by Crippen LogP contribution is 2.77. The summed E-state index contributed by atoms with van der Waals surface area (Å²) in [6.07, 6.45) is 24.3. The SMILES string of the molecule is O[C@]12C=C(c3nccc4c3[nH]c3ccccc34)[C@@H]3CCN(CCCC/C=C\CC1)C1C4[C@@H]5/C=C\CCCCN5[C@@H]2[C@@]413. The van der Waals surface area contributed by atoms with Crippen LogP contribution in [0.1, 0.15) is 63.5 Å². The molecule has 6 aliphatic rings. The van der Waals surface area contributed by atoms with Crippen LogP contribution in [0, 0.1) is 17.3 Å². The maximum atomic E-state index is 13.1. The van der Waals surface area contributed by atoms with Gasteiger partial charge in [0.05, 0.1) is 22.9 Å². The Morgan fingerprint density at radius 2 is 1.76 bits per heavy atom. The zero-order chi connectivity index (χ0) is 27.2. The fourth-order valence-corrected chi connectivity index (χ4v) is 10.5. The van der Waals surface area contributed by atoms with E-state index in [9.17, 15) is 5.11 Å². The molecule has 2 aromatic heterocycles. The highest BCUT2D eigenvalue weighted by atomic mass is 16.3. The molecule has 212 valence electrons. The molecular weight excluding hydrogens is 504 g/mol. The van der Waals surface area contributed by atoms with Gasteiger partial charge in [0, 0.05) is 45.9 Å². The van der Waals surface area contributed by atoms with Gasteiger partial charge in [-0.2, -0.15) is 0 Å². The molecule has 0 amide bonds. The van der Waals surface area contributed by atoms with E-state index in [0.717, 1.165) is 55.5 Å². The molecular formula is C36H42N4O. The Labute approximate surface area is 243 Å². The second-order valence-electron chi connectivity index (χ2n) is 13.8. The summed E-state index contributed by atoms with van der Waals surface area (Å²) in [6, 6.07) is 11.9. The average Bonchev–Trinajstić information content (AvgIpc) is 3.35. The largest absolute Gasteiger partial charge is 0.384 e. The van der Waals surface area contributed by atoms with Gasteiger partial charge in [-0.3, -0.25) is 14.8 Å². The van der Waals surface area contributed by atoms with Gasteiger partial charge in [-0.05, 0) is 107 Å². The molecule has 4 aliphatic heterocycles. The molecule has 41 heavy (non-hydrogen) atoms. The maximum absolute atomic E-state index is 13.1. The van der Waals surface area contributed by atoms with E-state index < -0.39 is 5.60 Å². The molecule has 2 saturated heterocycles. The van der Waals surface area contributed by atoms with E-state index in [1.165, 1.54) is 55.0 Å². The molecule has 2 N–H and O–H groups in total. The Morgan fingerprint density at radius 1 is 0.902 bits per heavy atom. The van der Waals surface area contributed by atoms with E-state index in [1.807, 2.05) is 6.20 Å². The van der Waals surface area contributed by atoms with Crippen molar-refractivity contribution in [2.75, 3.05) is 19.6 Å². The first-order valence-electron chi connectivity index (χ1n) is 16.3. The molecule has 0 radical (unpaired) electrons. The number of nitrogens with one attached hydrogen (secondary N) is 1. The normalized spacial score (nSPS) is 41.7. The van der Waals surface area contributed by atoms with Crippen molar-refractivity contribution in [1.82, 2.24) is 19.8 Å². The number of aromatic nitrogens is 2. The summed E-state index contributed by atoms with van der Waals surface area (Å²) in [6.45, 7) is 3.46. The zero-order valence-corrected chi connectivity index (χ0v) is 24.0. The van der Waals surface area contributed by atoms with Gasteiger partial charge in [0.2, 0.25) is 0 Å². The van der Waals surface area contributed by atoms with E-state index in [2.05, 4.69) is 75.5 Å². The third-order valence-corrected chi connectivity index (χ3v) is 11.8. The fourth-order valence-electron chi connectivity index (χ4n) is 10.5. The van der Waals surface area contributed by atoms with Gasteiger partial charge in [-0.25, -0.2) is 0 Å². The number of aliphatic hydroxyl groups is 1. The molecule has 3 aromatic rings. The number of nitrogens with zero attached hydrogens (tertiary/aromatic N) is 3. The number of fused-ring (bicyclic) bond motifs is 5. The van der Waals surface area contributed by atoms with Crippen LogP contribution in [0.3, 0.4) is 0 Å². The van der Waals surface area contributed by atoms with E-state index in [-0.39, 0.29) is 11.5 Å². The van der Waals surface area contributed by atoms with Crippen LogP contribution in [0.25, 0.3) is 27.4 Å². The van der Waals surface area contributed by atoms with Crippen molar-refractivity contribution in [2.45, 2.75) is 81.5 Å². The number of hydrogen-bond acceptors (Lipinski definition) is 4. The number of H-pyrrole nitrogens is 1. The van der Waals surface area contributed by atoms with Gasteiger partial charge in [0.1, 0.15) is 0 Å². The van der Waals surface area contributed by atoms with Crippen molar-refractivity contribution in [2.24, 2.45) is 17.3 Å². The molecule has 1 aromatic carbocycles. The van der Waals surface area contributed by atoms with E-state index in [0.29, 0.717) is 23.9 Å². The van der Waals surface area contributed by atoms with Gasteiger partial charge < -0.3 is 10.1 Å². The third-order valence-electron chi connectivity index (χ3n) is 11.8. The molecule has 3 fully saturated rings. The predicted octanol–water partition coefficient (Wildman–Crippen LogP) is 6.46. The summed E-state index contributed by atoms with van der Waals surface area (Å²) in [4.78, 5) is 14.5. The Morgan fingerprint density at radius 3 is 2.71 bits per heavy atom. The Kier molecular flexibility index (Phi) is 5.53. The summed E-state index contributed by atoms with van der Waals surface area (Å²) >= 11 is 0. The number of pyridine rings is 1. The number of aromatic amines is 1. The first-order valence-corrected chi connectivity index (χ1v) is 16.3. The molecule has 9 rings (SSSR count). The fraction of sp³-hybridized carbons (Fsp3) is 0.528. The van der Waals surface area contributed by atoms with Crippen LogP contribution in [0.5, 0.6) is 0 Å². The highest BCUT2D eigenvalue weighted by Gasteiger charge is 2.85. The Bertz CT molecular complexity index is 1600. The number of allylic oxidation sites excluding steroid dienone is 4. The first-order chi connectivity index (χ1) is 20.2. The lowest BCUT2D eigenvalue weighted by atomic mass is 9.61. The van der Waals surface area contributed by atoms with Crippen molar-refractivity contribution < 1.29 is 5.11 Å². The quantitative estimate of drug-likeness (QED) is 0.344. The second-order valence-corrected chi connectivity index (χ2v) is 13.8. The predicted molar refractivity (Wildman–Crippen MR) is 165 cm³/mol. The van der Waals surface area contributed by atoms with Crippen LogP contribution in [0.15, 0.2) is 66.9 Å². The number of para-hydroxylation sites is 1. The van der Waals surface area contributed by atoms with Crippen LogP contribution < -0.4 is 0 Å². The minimum atomic E-state index is -0.877. The summed E-state index contributed by atoms with van der Waals surface area (Å²) in [7, 11) is 0. The molecule has 5 nitrogen and oxygen atoms in total. The lowest BCUT2D eigenvalue weighted by Crippen LogP contribution is -2.63. The lowest BCUT2D eigenvalue weighted by Gasteiger charge is -2.54. The van der Waals surface area contributed by atoms with E-state index in [1.54, 1.807) is 0 Å². The molecule has 6 heterocycles. The van der Waals surface area contributed by atoms with Crippen molar-refractivity contribution in [3.63, 3.8) is 0 Å². The van der Waals surface area contributed by atoms with Crippen molar-refractivity contribution in [3.05, 3.63) is 72.6 Å². The van der Waals surface area contributed by atoms with Crippen molar-refractivity contribution >= 4 is 27.4 Å². The molecule has 8 atom stereocenters. The monoisotopic (exact) mass is 546 g/mol. The standard InChI is InChI=1S/C36H42N4O/c41-35-18-10-4-1-2-5-11-20-39-22-17-27(36-30(33(36)39)29-15-7-3-6-12-21-40(29)34(35)36)26(23-35)31-32-25(16-19-37-31)24-13-8-9-14-28(24)38-32/h1,4,7-9,13-16,19,23,27,29-30,33-34,38,41H,2-3,5-6,10-12,17-18,20-22H2/b4-1-,15-7-/t27-,29-,30?,33?,34-,35-,36-/m0/s1. The molecule has 2 aliphatic carbocycles. The topological polar surface area (TPSA) is 55.4 Å². The molecule has 3 unspecified atom stereocenters. The smallest absolute Gasteiger partial charge is 0.0998 e. The zero-order valence-electron chi connectivity index (χ0n) is 24.0. The van der Waals surface area contributed by atoms with Gasteiger partial charge in [0.25, 0.3) is 0 Å². The average molecular weight is 547 g/mol. The van der Waals surface area contributed by atoms with E-state index >= 15 is 0 Å². The Balaban J connectivity index is 1.28. The van der Waals surface area contributed by atoms with Crippen LogP contribution >= 0.6 is 0 Å². The number of hydrogen-bond donors (Lipinski definition) is 2. The van der Waals surface area contributed by atoms with Gasteiger partial charge in [-0.15, -0.1) is 0 Å². The van der Waals surface area contributed by atoms with Crippen LogP contribution in [-0.2, 0) is 0 Å². The van der Waals surface area contributed by atoms with E-state index in [4.69, 9.17) is 4.98 Å². The minimum Gasteiger partial charge on any atom is -0.384 e. The number of rotatable bonds is 1. The summed E-state index contributed by atoms with van der Waals surface area (Å²) in [5.41, 5.74) is 3.89. The molecule has 3 bridgehead atoms. The minimum absolute atomic E-state index is 0.0874. The third kappa shape index (κ3) is 3.37. The Hall–Kier alpha value is -2.73. The van der Waals surface area contributed by atoms with Gasteiger partial charge in [0.15, 0.2) is 0 Å². The summed E-state index contributed by atoms with van der Waals surface area (Å²) in [5, 5.41) is 15.6. The highest BCUT2D eigenvalue weighted by molar-refractivity contribution is 6.09.